The third kappa shape index (κ3) is 4.14. The SMILES string of the molecule is C[C@]1(Cc2cccc(O)c2)CCCCN1CCc1ccccc1. The van der Waals surface area contributed by atoms with Crippen LogP contribution in [0.3, 0.4) is 0 Å². The summed E-state index contributed by atoms with van der Waals surface area (Å²) in [7, 11) is 0. The summed E-state index contributed by atoms with van der Waals surface area (Å²) in [6, 6.07) is 18.5. The summed E-state index contributed by atoms with van der Waals surface area (Å²) < 4.78 is 0. The first-order valence-electron chi connectivity index (χ1n) is 8.73. The summed E-state index contributed by atoms with van der Waals surface area (Å²) in [4.78, 5) is 2.66. The first kappa shape index (κ1) is 16.1. The van der Waals surface area contributed by atoms with Crippen molar-refractivity contribution in [2.75, 3.05) is 13.1 Å². The topological polar surface area (TPSA) is 23.5 Å². The third-order valence-electron chi connectivity index (χ3n) is 5.17. The van der Waals surface area contributed by atoms with Gasteiger partial charge in [-0.2, -0.15) is 0 Å². The van der Waals surface area contributed by atoms with Crippen LogP contribution in [0.1, 0.15) is 37.3 Å². The number of hydrogen-bond donors (Lipinski definition) is 1. The van der Waals surface area contributed by atoms with Gasteiger partial charge in [-0.25, -0.2) is 0 Å². The van der Waals surface area contributed by atoms with Crippen molar-refractivity contribution in [2.24, 2.45) is 0 Å². The molecule has 0 radical (unpaired) electrons. The average molecular weight is 309 g/mol. The second kappa shape index (κ2) is 7.18. The fourth-order valence-electron chi connectivity index (χ4n) is 3.83. The van der Waals surface area contributed by atoms with Crippen molar-refractivity contribution in [1.29, 1.82) is 0 Å². The zero-order valence-corrected chi connectivity index (χ0v) is 14.0. The Kier molecular flexibility index (Phi) is 5.02. The summed E-state index contributed by atoms with van der Waals surface area (Å²) in [6.07, 6.45) is 5.95. The Hall–Kier alpha value is -1.80. The maximum absolute atomic E-state index is 9.73. The molecule has 1 heterocycles. The van der Waals surface area contributed by atoms with E-state index in [4.69, 9.17) is 0 Å². The number of nitrogens with zero attached hydrogens (tertiary/aromatic N) is 1. The molecule has 0 aromatic heterocycles. The number of phenolic OH excluding ortho intramolecular Hbond substituents is 1. The molecule has 23 heavy (non-hydrogen) atoms. The number of likely N-dealkylation sites (tertiary alicyclic amines) is 1. The van der Waals surface area contributed by atoms with Gasteiger partial charge in [-0.05, 0) is 62.4 Å². The van der Waals surface area contributed by atoms with Gasteiger partial charge >= 0.3 is 0 Å². The number of piperidine rings is 1. The standard InChI is InChI=1S/C21H27NO/c1-21(17-19-10-7-11-20(23)16-19)13-5-6-14-22(21)15-12-18-8-3-2-4-9-18/h2-4,7-11,16,23H,5-6,12-15,17H2,1H3/t21-/m1/s1. The minimum Gasteiger partial charge on any atom is -0.508 e. The molecule has 1 atom stereocenters. The normalized spacial score (nSPS) is 22.1. The van der Waals surface area contributed by atoms with Gasteiger partial charge in [-0.3, -0.25) is 4.90 Å². The van der Waals surface area contributed by atoms with E-state index in [-0.39, 0.29) is 5.54 Å². The monoisotopic (exact) mass is 309 g/mol. The van der Waals surface area contributed by atoms with Crippen LogP contribution in [0.4, 0.5) is 0 Å². The molecule has 1 aliphatic heterocycles. The lowest BCUT2D eigenvalue weighted by Crippen LogP contribution is -2.51. The van der Waals surface area contributed by atoms with Crippen molar-refractivity contribution in [3.63, 3.8) is 0 Å². The zero-order chi connectivity index (χ0) is 16.1. The number of benzene rings is 2. The van der Waals surface area contributed by atoms with E-state index in [0.717, 1.165) is 19.4 Å². The number of hydrogen-bond acceptors (Lipinski definition) is 2. The molecule has 1 aliphatic rings. The van der Waals surface area contributed by atoms with Crippen LogP contribution in [0.25, 0.3) is 0 Å². The fraction of sp³-hybridized carbons (Fsp3) is 0.429. The van der Waals surface area contributed by atoms with Gasteiger partial charge in [0, 0.05) is 12.1 Å². The minimum absolute atomic E-state index is 0.195. The molecule has 2 aromatic rings. The van der Waals surface area contributed by atoms with Gasteiger partial charge in [0.1, 0.15) is 5.75 Å². The smallest absolute Gasteiger partial charge is 0.115 e. The van der Waals surface area contributed by atoms with Crippen LogP contribution in [0.15, 0.2) is 54.6 Å². The van der Waals surface area contributed by atoms with Crippen molar-refractivity contribution in [3.05, 3.63) is 65.7 Å². The molecule has 0 amide bonds. The van der Waals surface area contributed by atoms with Crippen LogP contribution in [0.5, 0.6) is 5.75 Å². The van der Waals surface area contributed by atoms with Crippen LogP contribution in [0, 0.1) is 0 Å². The van der Waals surface area contributed by atoms with Gasteiger partial charge < -0.3 is 5.11 Å². The molecule has 0 bridgehead atoms. The quantitative estimate of drug-likeness (QED) is 0.883. The van der Waals surface area contributed by atoms with Crippen molar-refractivity contribution in [2.45, 2.75) is 44.6 Å². The van der Waals surface area contributed by atoms with E-state index < -0.39 is 0 Å². The lowest BCUT2D eigenvalue weighted by Gasteiger charge is -2.45. The maximum atomic E-state index is 9.73. The molecule has 2 heteroatoms. The van der Waals surface area contributed by atoms with Crippen LogP contribution < -0.4 is 0 Å². The van der Waals surface area contributed by atoms with Crippen molar-refractivity contribution < 1.29 is 5.11 Å². The van der Waals surface area contributed by atoms with Crippen LogP contribution in [-0.4, -0.2) is 28.6 Å². The van der Waals surface area contributed by atoms with Crippen LogP contribution >= 0.6 is 0 Å². The van der Waals surface area contributed by atoms with E-state index in [9.17, 15) is 5.11 Å². The van der Waals surface area contributed by atoms with Gasteiger partial charge in [0.15, 0.2) is 0 Å². The first-order chi connectivity index (χ1) is 11.2. The lowest BCUT2D eigenvalue weighted by atomic mass is 9.82. The van der Waals surface area contributed by atoms with Gasteiger partial charge in [0.25, 0.3) is 0 Å². The van der Waals surface area contributed by atoms with Gasteiger partial charge in [0.2, 0.25) is 0 Å². The average Bonchev–Trinajstić information content (AvgIpc) is 2.55. The Morgan fingerprint density at radius 3 is 2.57 bits per heavy atom. The number of aromatic hydroxyl groups is 1. The van der Waals surface area contributed by atoms with E-state index in [0.29, 0.717) is 5.75 Å². The number of phenols is 1. The Balaban J connectivity index is 1.69. The summed E-state index contributed by atoms with van der Waals surface area (Å²) in [5.41, 5.74) is 2.85. The molecule has 1 N–H and O–H groups in total. The fourth-order valence-corrected chi connectivity index (χ4v) is 3.83. The van der Waals surface area contributed by atoms with Gasteiger partial charge in [-0.1, -0.05) is 48.9 Å². The highest BCUT2D eigenvalue weighted by molar-refractivity contribution is 5.28. The highest BCUT2D eigenvalue weighted by Crippen LogP contribution is 2.32. The van der Waals surface area contributed by atoms with E-state index in [1.165, 1.54) is 36.9 Å². The molecule has 0 aliphatic carbocycles. The molecular formula is C21H27NO. The molecule has 1 saturated heterocycles. The Morgan fingerprint density at radius 1 is 1.00 bits per heavy atom. The molecule has 0 spiro atoms. The van der Waals surface area contributed by atoms with E-state index >= 15 is 0 Å². The molecule has 2 nitrogen and oxygen atoms in total. The van der Waals surface area contributed by atoms with E-state index in [1.54, 1.807) is 6.07 Å². The maximum Gasteiger partial charge on any atom is 0.115 e. The Morgan fingerprint density at radius 2 is 1.78 bits per heavy atom. The summed E-state index contributed by atoms with van der Waals surface area (Å²) in [5, 5.41) is 9.73. The molecule has 3 rings (SSSR count). The van der Waals surface area contributed by atoms with Gasteiger partial charge in [0.05, 0.1) is 0 Å². The predicted molar refractivity (Wildman–Crippen MR) is 95.8 cm³/mol. The van der Waals surface area contributed by atoms with E-state index in [2.05, 4.69) is 48.2 Å². The first-order valence-corrected chi connectivity index (χ1v) is 8.73. The summed E-state index contributed by atoms with van der Waals surface area (Å²) >= 11 is 0. The predicted octanol–water partition coefficient (Wildman–Crippen LogP) is 4.42. The third-order valence-corrected chi connectivity index (χ3v) is 5.17. The highest BCUT2D eigenvalue weighted by atomic mass is 16.3. The molecule has 122 valence electrons. The molecular weight excluding hydrogens is 282 g/mol. The molecule has 1 fully saturated rings. The van der Waals surface area contributed by atoms with Crippen molar-refractivity contribution in [3.8, 4) is 5.75 Å². The Labute approximate surface area is 139 Å². The van der Waals surface area contributed by atoms with Crippen LogP contribution in [-0.2, 0) is 12.8 Å². The Bertz CT molecular complexity index is 625. The van der Waals surface area contributed by atoms with Crippen LogP contribution in [0.2, 0.25) is 0 Å². The lowest BCUT2D eigenvalue weighted by molar-refractivity contribution is 0.0626. The largest absolute Gasteiger partial charge is 0.508 e. The van der Waals surface area contributed by atoms with E-state index in [1.807, 2.05) is 12.1 Å². The molecule has 0 unspecified atom stereocenters. The molecule has 2 aromatic carbocycles. The minimum atomic E-state index is 0.195. The van der Waals surface area contributed by atoms with Gasteiger partial charge in [-0.15, -0.1) is 0 Å². The molecule has 0 saturated carbocycles. The summed E-state index contributed by atoms with van der Waals surface area (Å²) in [6.45, 7) is 4.68. The van der Waals surface area contributed by atoms with Crippen molar-refractivity contribution >= 4 is 0 Å². The van der Waals surface area contributed by atoms with Crippen molar-refractivity contribution in [1.82, 2.24) is 4.90 Å². The second-order valence-corrected chi connectivity index (χ2v) is 7.02. The summed E-state index contributed by atoms with van der Waals surface area (Å²) in [5.74, 6) is 0.373. The number of rotatable bonds is 5. The second-order valence-electron chi connectivity index (χ2n) is 7.02. The zero-order valence-electron chi connectivity index (χ0n) is 14.0. The highest BCUT2D eigenvalue weighted by Gasteiger charge is 2.34.